The van der Waals surface area contributed by atoms with E-state index >= 15 is 8.78 Å². The molecule has 3 rings (SSSR count). The Balaban J connectivity index is 2.17. The monoisotopic (exact) mass is 543 g/mol. The van der Waals surface area contributed by atoms with Crippen molar-refractivity contribution in [1.29, 1.82) is 0 Å². The van der Waals surface area contributed by atoms with Gasteiger partial charge in [-0.25, -0.2) is 8.78 Å². The van der Waals surface area contributed by atoms with Crippen molar-refractivity contribution in [3.63, 3.8) is 0 Å². The van der Waals surface area contributed by atoms with Gasteiger partial charge in [0.15, 0.2) is 0 Å². The van der Waals surface area contributed by atoms with Crippen molar-refractivity contribution < 1.29 is 23.8 Å². The van der Waals surface area contributed by atoms with E-state index in [-0.39, 0.29) is 39.6 Å². The van der Waals surface area contributed by atoms with E-state index in [9.17, 15) is 9.90 Å². The Hall–Kier alpha value is -1.81. The Morgan fingerprint density at radius 3 is 2.56 bits per heavy atom. The van der Waals surface area contributed by atoms with Crippen molar-refractivity contribution >= 4 is 29.1 Å². The van der Waals surface area contributed by atoms with Gasteiger partial charge in [-0.05, 0) is 42.0 Å². The second-order valence-corrected chi connectivity index (χ2v) is 11.4. The number of amides is 1. The molecule has 10 heteroatoms. The maximum Gasteiger partial charge on any atom is 0.237 e. The summed E-state index contributed by atoms with van der Waals surface area (Å²) >= 11 is 12.1. The van der Waals surface area contributed by atoms with Crippen LogP contribution in [-0.4, -0.2) is 47.5 Å². The lowest BCUT2D eigenvalue weighted by Gasteiger charge is -2.40. The lowest BCUT2D eigenvalue weighted by Crippen LogP contribution is -2.52. The lowest BCUT2D eigenvalue weighted by molar-refractivity contribution is -0.123. The number of nitrogens with one attached hydrogen (secondary N) is 2. The number of halogens is 4. The molecule has 2 aromatic rings. The zero-order valence-electron chi connectivity index (χ0n) is 20.5. The van der Waals surface area contributed by atoms with Gasteiger partial charge in [0.05, 0.1) is 29.3 Å². The number of carbonyl (C=O) groups is 1. The van der Waals surface area contributed by atoms with Crippen LogP contribution in [0.2, 0.25) is 10.0 Å². The number of rotatable bonds is 8. The van der Waals surface area contributed by atoms with Crippen LogP contribution in [0.1, 0.15) is 50.7 Å². The Morgan fingerprint density at radius 1 is 1.25 bits per heavy atom. The smallest absolute Gasteiger partial charge is 0.237 e. The van der Waals surface area contributed by atoms with Crippen molar-refractivity contribution in [2.24, 2.45) is 11.1 Å². The maximum absolute atomic E-state index is 15.5. The van der Waals surface area contributed by atoms with Crippen LogP contribution in [0.25, 0.3) is 0 Å². The first-order valence-electron chi connectivity index (χ1n) is 11.8. The van der Waals surface area contributed by atoms with Gasteiger partial charge in [-0.15, -0.1) is 0 Å². The number of nitrogens with two attached hydrogens (primary N) is 1. The van der Waals surface area contributed by atoms with Crippen LogP contribution in [0.5, 0.6) is 0 Å². The van der Waals surface area contributed by atoms with Gasteiger partial charge in [0.2, 0.25) is 5.91 Å². The zero-order valence-corrected chi connectivity index (χ0v) is 22.0. The first-order valence-corrected chi connectivity index (χ1v) is 12.6. The largest absolute Gasteiger partial charge is 0.394 e. The Kier molecular flexibility index (Phi) is 9.02. The second-order valence-electron chi connectivity index (χ2n) is 10.6. The summed E-state index contributed by atoms with van der Waals surface area (Å²) < 4.78 is 30.9. The highest BCUT2D eigenvalue weighted by atomic mass is 35.5. The molecule has 0 aliphatic carbocycles. The average Bonchev–Trinajstić information content (AvgIpc) is 3.06. The third kappa shape index (κ3) is 6.01. The van der Waals surface area contributed by atoms with E-state index in [1.807, 2.05) is 20.8 Å². The first kappa shape index (κ1) is 28.8. The summed E-state index contributed by atoms with van der Waals surface area (Å²) in [7, 11) is 0. The van der Waals surface area contributed by atoms with E-state index in [0.717, 1.165) is 6.07 Å². The molecule has 1 aliphatic rings. The van der Waals surface area contributed by atoms with Gasteiger partial charge < -0.3 is 26.6 Å². The van der Waals surface area contributed by atoms with Crippen molar-refractivity contribution in [2.45, 2.75) is 63.3 Å². The van der Waals surface area contributed by atoms with Gasteiger partial charge in [-0.2, -0.15) is 0 Å². The minimum Gasteiger partial charge on any atom is -0.394 e. The molecule has 5 unspecified atom stereocenters. The molecule has 6 N–H and O–H groups in total. The molecule has 1 aliphatic heterocycles. The molecule has 2 aromatic carbocycles. The predicted molar refractivity (Wildman–Crippen MR) is 137 cm³/mol. The third-order valence-electron chi connectivity index (χ3n) is 6.61. The highest BCUT2D eigenvalue weighted by molar-refractivity contribution is 6.31. The van der Waals surface area contributed by atoms with Crippen LogP contribution in [0.3, 0.4) is 0 Å². The maximum atomic E-state index is 15.5. The average molecular weight is 544 g/mol. The molecule has 0 spiro atoms. The van der Waals surface area contributed by atoms with Crippen LogP contribution < -0.4 is 16.4 Å². The molecule has 0 aromatic heterocycles. The molecule has 1 amide bonds. The standard InChI is InChI=1S/C26H33Cl2F2N3O3/c1-25(2,3)12-20-26(31,17-8-7-14(27)11-19(17)29)21(16-5-4-6-18(28)22(16)30)23(33-20)24(36)32-10-9-15(35)13-34/h4-8,11,15,20-21,23,33-35H,9-10,12-13,31H2,1-3H3,(H,32,36). The quantitative estimate of drug-likeness (QED) is 0.347. The first-order chi connectivity index (χ1) is 16.8. The van der Waals surface area contributed by atoms with E-state index in [4.69, 9.17) is 34.0 Å². The third-order valence-corrected chi connectivity index (χ3v) is 7.13. The highest BCUT2D eigenvalue weighted by Crippen LogP contribution is 2.49. The molecule has 0 saturated carbocycles. The molecule has 1 heterocycles. The van der Waals surface area contributed by atoms with Crippen molar-refractivity contribution in [3.8, 4) is 0 Å². The van der Waals surface area contributed by atoms with Gasteiger partial charge in [0, 0.05) is 29.1 Å². The molecule has 0 radical (unpaired) electrons. The topological polar surface area (TPSA) is 108 Å². The molecule has 36 heavy (non-hydrogen) atoms. The van der Waals surface area contributed by atoms with Crippen LogP contribution in [-0.2, 0) is 10.3 Å². The number of aliphatic hydroxyl groups is 2. The number of carbonyl (C=O) groups excluding carboxylic acids is 1. The van der Waals surface area contributed by atoms with E-state index < -0.39 is 53.8 Å². The minimum absolute atomic E-state index is 0.0697. The molecule has 0 bridgehead atoms. The van der Waals surface area contributed by atoms with Gasteiger partial charge in [-0.3, -0.25) is 4.79 Å². The number of hydrogen-bond acceptors (Lipinski definition) is 5. The summed E-state index contributed by atoms with van der Waals surface area (Å²) in [4.78, 5) is 13.4. The van der Waals surface area contributed by atoms with Crippen LogP contribution >= 0.6 is 23.2 Å². The van der Waals surface area contributed by atoms with Crippen molar-refractivity contribution in [1.82, 2.24) is 10.6 Å². The summed E-state index contributed by atoms with van der Waals surface area (Å²) in [5.41, 5.74) is 5.45. The Bertz CT molecular complexity index is 1100. The normalized spacial score (nSPS) is 25.1. The summed E-state index contributed by atoms with van der Waals surface area (Å²) in [6.07, 6.45) is -0.429. The second kappa shape index (κ2) is 11.3. The van der Waals surface area contributed by atoms with Crippen LogP contribution in [0.4, 0.5) is 8.78 Å². The van der Waals surface area contributed by atoms with Gasteiger partial charge in [0.25, 0.3) is 0 Å². The lowest BCUT2D eigenvalue weighted by atomic mass is 9.68. The van der Waals surface area contributed by atoms with Gasteiger partial charge in [0.1, 0.15) is 11.6 Å². The minimum atomic E-state index is -1.56. The molecular weight excluding hydrogens is 511 g/mol. The number of benzene rings is 2. The van der Waals surface area contributed by atoms with Gasteiger partial charge >= 0.3 is 0 Å². The van der Waals surface area contributed by atoms with Crippen LogP contribution in [0.15, 0.2) is 36.4 Å². The summed E-state index contributed by atoms with van der Waals surface area (Å²) in [6.45, 7) is 5.60. The Labute approximate surface area is 220 Å². The SMILES string of the molecule is CC(C)(C)CC1NC(C(=O)NCCC(O)CO)C(c2cccc(Cl)c2F)C1(N)c1ccc(Cl)cc1F. The summed E-state index contributed by atoms with van der Waals surface area (Å²) in [6, 6.07) is 6.91. The van der Waals surface area contributed by atoms with E-state index in [1.54, 1.807) is 6.07 Å². The fourth-order valence-corrected chi connectivity index (χ4v) is 5.31. The fourth-order valence-electron chi connectivity index (χ4n) is 4.97. The zero-order chi connectivity index (χ0) is 26.8. The fraction of sp³-hybridized carbons (Fsp3) is 0.500. The molecule has 198 valence electrons. The van der Waals surface area contributed by atoms with E-state index in [2.05, 4.69) is 10.6 Å². The molecule has 5 atom stereocenters. The predicted octanol–water partition coefficient (Wildman–Crippen LogP) is 3.85. The van der Waals surface area contributed by atoms with Crippen LogP contribution in [0, 0.1) is 17.0 Å². The highest BCUT2D eigenvalue weighted by Gasteiger charge is 2.58. The number of aliphatic hydroxyl groups excluding tert-OH is 2. The number of hydrogen-bond donors (Lipinski definition) is 5. The molecule has 6 nitrogen and oxygen atoms in total. The van der Waals surface area contributed by atoms with Gasteiger partial charge in [-0.1, -0.05) is 62.2 Å². The van der Waals surface area contributed by atoms with Crippen molar-refractivity contribution in [2.75, 3.05) is 13.2 Å². The Morgan fingerprint density at radius 2 is 1.94 bits per heavy atom. The molecule has 1 saturated heterocycles. The van der Waals surface area contributed by atoms with E-state index in [0.29, 0.717) is 6.42 Å². The molecular formula is C26H33Cl2F2N3O3. The molecule has 1 fully saturated rings. The van der Waals surface area contributed by atoms with E-state index in [1.165, 1.54) is 24.3 Å². The summed E-state index contributed by atoms with van der Waals surface area (Å²) in [5.74, 6) is -2.93. The van der Waals surface area contributed by atoms with Crippen molar-refractivity contribution in [3.05, 3.63) is 69.2 Å². The summed E-state index contributed by atoms with van der Waals surface area (Å²) in [5, 5.41) is 24.7.